The maximum atomic E-state index is 14.4. The average molecular weight is 931 g/mol. The quantitative estimate of drug-likeness (QED) is 0.0499. The summed E-state index contributed by atoms with van der Waals surface area (Å²) in [5.41, 5.74) is 3.43. The van der Waals surface area contributed by atoms with Crippen molar-refractivity contribution in [1.29, 1.82) is 0 Å². The van der Waals surface area contributed by atoms with E-state index in [2.05, 4.69) is 48.1 Å². The highest BCUT2D eigenvalue weighted by Gasteiger charge is 2.45. The first-order valence-corrected chi connectivity index (χ1v) is 23.0. The standard InChI is InChI=1S/C50H53F3N10O5/c1-33-12-13-35(29-34(33)15-17-38-31-56-43-11-7-23-57-63(38)43)46(65)58-37-16-14-36(40(30-37)50(51,52)53)32-61-27-25-60(26-28-61)24-8-21-54-20-4-2-3-5-22-55-41-10-6-9-39-45(41)49(68)62(48(39)67)42-18-19-44(64)59-47(42)66/h6-7,9-14,16,23,29-31,42,54-55H,2-5,8,18-22,24-28,32H2,1H3,(H,58,65)(H,59,64,66). The minimum atomic E-state index is -4.61. The Labute approximate surface area is 391 Å². The Kier molecular flexibility index (Phi) is 14.9. The molecule has 2 fully saturated rings. The number of imide groups is 2. The van der Waals surface area contributed by atoms with Crippen molar-refractivity contribution >= 4 is 46.6 Å². The van der Waals surface area contributed by atoms with E-state index in [4.69, 9.17) is 0 Å². The van der Waals surface area contributed by atoms with Crippen LogP contribution in [0.3, 0.4) is 0 Å². The van der Waals surface area contributed by atoms with E-state index in [-0.39, 0.29) is 47.3 Å². The number of aromatic nitrogens is 3. The molecule has 0 bridgehead atoms. The summed E-state index contributed by atoms with van der Waals surface area (Å²) in [6, 6.07) is 16.6. The summed E-state index contributed by atoms with van der Waals surface area (Å²) in [6.45, 7) is 8.08. The molecule has 3 aliphatic heterocycles. The third kappa shape index (κ3) is 11.2. The first-order chi connectivity index (χ1) is 32.8. The highest BCUT2D eigenvalue weighted by Crippen LogP contribution is 2.35. The van der Waals surface area contributed by atoms with Crippen molar-refractivity contribution in [1.82, 2.24) is 39.9 Å². The summed E-state index contributed by atoms with van der Waals surface area (Å²) in [4.78, 5) is 73.3. The van der Waals surface area contributed by atoms with Gasteiger partial charge in [0.05, 0.1) is 22.9 Å². The van der Waals surface area contributed by atoms with E-state index in [1.54, 1.807) is 59.4 Å². The second-order valence-corrected chi connectivity index (χ2v) is 17.3. The Morgan fingerprint density at radius 2 is 1.63 bits per heavy atom. The Morgan fingerprint density at radius 3 is 2.43 bits per heavy atom. The van der Waals surface area contributed by atoms with Crippen LogP contribution in [0.4, 0.5) is 24.5 Å². The van der Waals surface area contributed by atoms with E-state index >= 15 is 0 Å². The smallest absolute Gasteiger partial charge is 0.384 e. The van der Waals surface area contributed by atoms with Gasteiger partial charge in [-0.25, -0.2) is 9.50 Å². The van der Waals surface area contributed by atoms with E-state index < -0.39 is 47.3 Å². The van der Waals surface area contributed by atoms with Crippen LogP contribution in [0.2, 0.25) is 0 Å². The van der Waals surface area contributed by atoms with Gasteiger partial charge in [0.15, 0.2) is 5.65 Å². The number of piperidine rings is 1. The number of rotatable bonds is 17. The Morgan fingerprint density at radius 1 is 0.853 bits per heavy atom. The zero-order valence-corrected chi connectivity index (χ0v) is 37.8. The number of alkyl halides is 3. The molecule has 5 aromatic rings. The van der Waals surface area contributed by atoms with Crippen LogP contribution in [0, 0.1) is 18.8 Å². The molecule has 0 aliphatic carbocycles. The average Bonchev–Trinajstić information content (AvgIpc) is 3.85. The molecule has 1 unspecified atom stereocenters. The van der Waals surface area contributed by atoms with Crippen molar-refractivity contribution in [3.8, 4) is 11.8 Å². The van der Waals surface area contributed by atoms with Gasteiger partial charge in [0.2, 0.25) is 11.8 Å². The number of unbranched alkanes of at least 4 members (excludes halogenated alkanes) is 3. The van der Waals surface area contributed by atoms with Crippen molar-refractivity contribution in [3.05, 3.63) is 124 Å². The molecule has 1 atom stereocenters. The topological polar surface area (TPSA) is 173 Å². The van der Waals surface area contributed by atoms with Crippen LogP contribution >= 0.6 is 0 Å². The number of carbonyl (C=O) groups is 5. The third-order valence-corrected chi connectivity index (χ3v) is 12.5. The van der Waals surface area contributed by atoms with Gasteiger partial charge in [-0.1, -0.05) is 37.0 Å². The number of nitrogens with zero attached hydrogens (tertiary/aromatic N) is 6. The second kappa shape index (κ2) is 21.3. The van der Waals surface area contributed by atoms with E-state index in [0.29, 0.717) is 42.2 Å². The predicted octanol–water partition coefficient (Wildman–Crippen LogP) is 5.88. The number of anilines is 2. The Hall–Kier alpha value is -6.94. The van der Waals surface area contributed by atoms with Crippen LogP contribution in [-0.2, 0) is 22.3 Å². The van der Waals surface area contributed by atoms with Crippen molar-refractivity contribution in [2.75, 3.05) is 63.0 Å². The molecule has 0 radical (unpaired) electrons. The molecule has 0 spiro atoms. The number of hydrogen-bond acceptors (Lipinski definition) is 11. The van der Waals surface area contributed by atoms with Crippen LogP contribution in [0.1, 0.15) is 104 Å². The maximum absolute atomic E-state index is 14.4. The zero-order valence-electron chi connectivity index (χ0n) is 37.8. The van der Waals surface area contributed by atoms with Gasteiger partial charge in [0.1, 0.15) is 11.7 Å². The highest BCUT2D eigenvalue weighted by atomic mass is 19.4. The van der Waals surface area contributed by atoms with Crippen LogP contribution in [0.25, 0.3) is 5.65 Å². The van der Waals surface area contributed by atoms with E-state index in [9.17, 15) is 37.1 Å². The lowest BCUT2D eigenvalue weighted by molar-refractivity contribution is -0.138. The number of imidazole rings is 1. The number of amides is 5. The number of benzene rings is 3. The fraction of sp³-hybridized carbons (Fsp3) is 0.380. The molecule has 2 aromatic heterocycles. The fourth-order valence-corrected chi connectivity index (χ4v) is 8.78. The monoisotopic (exact) mass is 930 g/mol. The van der Waals surface area contributed by atoms with Gasteiger partial charge in [-0.15, -0.1) is 0 Å². The molecule has 3 aliphatic rings. The van der Waals surface area contributed by atoms with Gasteiger partial charge in [-0.2, -0.15) is 18.3 Å². The first-order valence-electron chi connectivity index (χ1n) is 23.0. The van der Waals surface area contributed by atoms with Crippen molar-refractivity contribution in [2.45, 2.75) is 70.6 Å². The number of halogens is 3. The molecule has 18 heteroatoms. The molecule has 68 heavy (non-hydrogen) atoms. The summed E-state index contributed by atoms with van der Waals surface area (Å²) in [7, 11) is 0. The van der Waals surface area contributed by atoms with Crippen molar-refractivity contribution in [3.63, 3.8) is 0 Å². The zero-order chi connectivity index (χ0) is 47.8. The summed E-state index contributed by atoms with van der Waals surface area (Å²) in [6.07, 6.45) is 3.64. The molecule has 354 valence electrons. The van der Waals surface area contributed by atoms with Crippen LogP contribution in [0.5, 0.6) is 0 Å². The molecule has 8 rings (SSSR count). The second-order valence-electron chi connectivity index (χ2n) is 17.3. The maximum Gasteiger partial charge on any atom is 0.416 e. The van der Waals surface area contributed by atoms with Gasteiger partial charge in [0, 0.05) is 74.4 Å². The minimum absolute atomic E-state index is 0.0531. The van der Waals surface area contributed by atoms with Crippen LogP contribution in [0.15, 0.2) is 79.1 Å². The highest BCUT2D eigenvalue weighted by molar-refractivity contribution is 6.25. The number of hydrogen-bond donors (Lipinski definition) is 4. The molecule has 2 saturated heterocycles. The molecule has 3 aromatic carbocycles. The van der Waals surface area contributed by atoms with Gasteiger partial charge >= 0.3 is 6.18 Å². The molecule has 4 N–H and O–H groups in total. The van der Waals surface area contributed by atoms with Crippen LogP contribution < -0.4 is 21.3 Å². The summed E-state index contributed by atoms with van der Waals surface area (Å²) < 4.78 is 44.8. The SMILES string of the molecule is Cc1ccc(C(=O)Nc2ccc(CN3CCN(CCCNCCCCCCNc4cccc5c4C(=O)N(C4CCC(=O)NC4=O)C5=O)CC3)c(C(F)(F)F)c2)cc1C#Cc1cnc2cccnn12. The lowest BCUT2D eigenvalue weighted by Crippen LogP contribution is -2.54. The van der Waals surface area contributed by atoms with E-state index in [0.717, 1.165) is 81.4 Å². The van der Waals surface area contributed by atoms with Crippen molar-refractivity contribution in [2.24, 2.45) is 0 Å². The molecule has 5 heterocycles. The molecule has 5 amide bonds. The molecular formula is C50H53F3N10O5. The normalized spacial score (nSPS) is 16.7. The van der Waals surface area contributed by atoms with Gasteiger partial charge in [-0.3, -0.25) is 39.1 Å². The summed E-state index contributed by atoms with van der Waals surface area (Å²) >= 11 is 0. The fourth-order valence-electron chi connectivity index (χ4n) is 8.78. The largest absolute Gasteiger partial charge is 0.416 e. The summed E-state index contributed by atoms with van der Waals surface area (Å²) in [5, 5.41) is 15.9. The van der Waals surface area contributed by atoms with Gasteiger partial charge < -0.3 is 20.9 Å². The molecule has 0 saturated carbocycles. The molecule has 15 nitrogen and oxygen atoms in total. The lowest BCUT2D eigenvalue weighted by atomic mass is 10.0. The lowest BCUT2D eigenvalue weighted by Gasteiger charge is -2.35. The van der Waals surface area contributed by atoms with E-state index in [1.165, 1.54) is 12.1 Å². The Bertz CT molecular complexity index is 2770. The number of piperazine rings is 1. The Balaban J connectivity index is 0.714. The van der Waals surface area contributed by atoms with E-state index in [1.807, 2.05) is 17.9 Å². The van der Waals surface area contributed by atoms with Gasteiger partial charge in [-0.05, 0) is 118 Å². The van der Waals surface area contributed by atoms with Gasteiger partial charge in [0.25, 0.3) is 17.7 Å². The molecular weight excluding hydrogens is 878 g/mol. The minimum Gasteiger partial charge on any atom is -0.384 e. The number of aryl methyl sites for hydroxylation is 1. The number of fused-ring (bicyclic) bond motifs is 2. The number of nitrogens with one attached hydrogen (secondary N) is 4. The third-order valence-electron chi connectivity index (χ3n) is 12.5. The van der Waals surface area contributed by atoms with Crippen molar-refractivity contribution < 1.29 is 37.1 Å². The predicted molar refractivity (Wildman–Crippen MR) is 249 cm³/mol. The number of carbonyl (C=O) groups excluding carboxylic acids is 5. The summed E-state index contributed by atoms with van der Waals surface area (Å²) in [5.74, 6) is 3.47. The van der Waals surface area contributed by atoms with Crippen LogP contribution in [-0.4, -0.2) is 117 Å². The first kappa shape index (κ1) is 47.5.